The summed E-state index contributed by atoms with van der Waals surface area (Å²) in [4.78, 5) is 2.49. The van der Waals surface area contributed by atoms with E-state index in [9.17, 15) is 0 Å². The number of hydrogen-bond acceptors (Lipinski definition) is 4. The highest BCUT2D eigenvalue weighted by molar-refractivity contribution is 6.62. The van der Waals surface area contributed by atoms with Crippen molar-refractivity contribution in [3.63, 3.8) is 0 Å². The summed E-state index contributed by atoms with van der Waals surface area (Å²) in [6.07, 6.45) is 0. The second-order valence-corrected chi connectivity index (χ2v) is 7.73. The quantitative estimate of drug-likeness (QED) is 0.798. The van der Waals surface area contributed by atoms with Crippen molar-refractivity contribution in [2.45, 2.75) is 45.8 Å². The number of rotatable bonds is 3. The zero-order valence-electron chi connectivity index (χ0n) is 15.5. The first kappa shape index (κ1) is 17.5. The fourth-order valence-corrected chi connectivity index (χ4v) is 3.58. The van der Waals surface area contributed by atoms with Crippen molar-refractivity contribution < 1.29 is 14.0 Å². The maximum Gasteiger partial charge on any atom is 0.563 e. The Bertz CT molecular complexity index is 635. The lowest BCUT2D eigenvalue weighted by Crippen LogP contribution is -2.48. The molecule has 0 N–H and O–H groups in total. The van der Waals surface area contributed by atoms with E-state index >= 15 is 0 Å². The average Bonchev–Trinajstić information content (AvgIpc) is 2.81. The Morgan fingerprint density at radius 3 is 2.42 bits per heavy atom. The van der Waals surface area contributed by atoms with Crippen LogP contribution in [0.4, 0.5) is 0 Å². The number of ether oxygens (including phenoxy) is 1. The first-order valence-corrected chi connectivity index (χ1v) is 8.69. The van der Waals surface area contributed by atoms with Crippen LogP contribution in [0.1, 0.15) is 38.8 Å². The number of aryl methyl sites for hydroxylation is 1. The largest absolute Gasteiger partial charge is 0.563 e. The van der Waals surface area contributed by atoms with Gasteiger partial charge in [-0.3, -0.25) is 4.90 Å². The van der Waals surface area contributed by atoms with Gasteiger partial charge in [-0.15, -0.1) is 0 Å². The molecule has 4 nitrogen and oxygen atoms in total. The summed E-state index contributed by atoms with van der Waals surface area (Å²) < 4.78 is 17.3. The van der Waals surface area contributed by atoms with Gasteiger partial charge in [0.2, 0.25) is 0 Å². The van der Waals surface area contributed by atoms with E-state index in [1.165, 1.54) is 11.1 Å². The van der Waals surface area contributed by atoms with Gasteiger partial charge in [-0.05, 0) is 51.2 Å². The normalized spacial score (nSPS) is 21.9. The minimum absolute atomic E-state index is 0.0212. The van der Waals surface area contributed by atoms with Crippen molar-refractivity contribution >= 4 is 12.6 Å². The van der Waals surface area contributed by atoms with Crippen molar-refractivity contribution in [1.82, 2.24) is 4.90 Å². The Labute approximate surface area is 145 Å². The molecule has 0 unspecified atom stereocenters. The predicted octanol–water partition coefficient (Wildman–Crippen LogP) is 2.60. The third kappa shape index (κ3) is 3.13. The lowest BCUT2D eigenvalue weighted by Gasteiger charge is -2.42. The smallest absolute Gasteiger partial charge is 0.534 e. The van der Waals surface area contributed by atoms with Gasteiger partial charge in [0.1, 0.15) is 5.60 Å². The molecule has 2 fully saturated rings. The Kier molecular flexibility index (Phi) is 4.54. The minimum atomic E-state index is -0.440. The summed E-state index contributed by atoms with van der Waals surface area (Å²) >= 11 is 0. The van der Waals surface area contributed by atoms with Crippen LogP contribution in [0.5, 0.6) is 0 Å². The summed E-state index contributed by atoms with van der Waals surface area (Å²) in [6.45, 7) is 18.2. The molecule has 130 valence electrons. The first-order valence-electron chi connectivity index (χ1n) is 8.69. The van der Waals surface area contributed by atoms with Crippen LogP contribution in [0.2, 0.25) is 0 Å². The summed E-state index contributed by atoms with van der Waals surface area (Å²) in [5.74, 6) is 0.683. The van der Waals surface area contributed by atoms with Crippen LogP contribution in [0.3, 0.4) is 0 Å². The second-order valence-electron chi connectivity index (χ2n) is 7.73. The SMILES string of the molecule is C=C1OB(c2ccc(C(C)(C)N3CCOCC3)c(C)c2)OC1(C)C. The monoisotopic (exact) mass is 329 g/mol. The second kappa shape index (κ2) is 6.21. The molecule has 0 spiro atoms. The molecule has 0 aromatic heterocycles. The number of nitrogens with zero attached hydrogens (tertiary/aromatic N) is 1. The molecule has 2 aliphatic heterocycles. The highest BCUT2D eigenvalue weighted by Crippen LogP contribution is 2.32. The van der Waals surface area contributed by atoms with Crippen LogP contribution in [0.15, 0.2) is 30.5 Å². The van der Waals surface area contributed by atoms with Crippen LogP contribution in [0, 0.1) is 6.92 Å². The van der Waals surface area contributed by atoms with Gasteiger partial charge in [0, 0.05) is 18.6 Å². The van der Waals surface area contributed by atoms with Gasteiger partial charge >= 0.3 is 7.12 Å². The van der Waals surface area contributed by atoms with Gasteiger partial charge in [0.25, 0.3) is 0 Å². The molecular formula is C19H28BNO3. The van der Waals surface area contributed by atoms with Crippen LogP contribution in [0.25, 0.3) is 0 Å². The van der Waals surface area contributed by atoms with Crippen LogP contribution in [-0.4, -0.2) is 43.9 Å². The van der Waals surface area contributed by atoms with Gasteiger partial charge in [0.15, 0.2) is 0 Å². The molecule has 3 rings (SSSR count). The molecule has 0 aliphatic carbocycles. The van der Waals surface area contributed by atoms with Crippen molar-refractivity contribution in [2.24, 2.45) is 0 Å². The molecule has 0 bridgehead atoms. The first-order chi connectivity index (χ1) is 11.2. The topological polar surface area (TPSA) is 30.9 Å². The Morgan fingerprint density at radius 2 is 1.88 bits per heavy atom. The van der Waals surface area contributed by atoms with Gasteiger partial charge < -0.3 is 14.0 Å². The van der Waals surface area contributed by atoms with Crippen LogP contribution < -0.4 is 5.46 Å². The highest BCUT2D eigenvalue weighted by atomic mass is 16.7. The molecule has 2 aliphatic rings. The van der Waals surface area contributed by atoms with Gasteiger partial charge in [-0.2, -0.15) is 0 Å². The summed E-state index contributed by atoms with van der Waals surface area (Å²) in [5, 5.41) is 0. The van der Waals surface area contributed by atoms with Crippen molar-refractivity contribution in [1.29, 1.82) is 0 Å². The van der Waals surface area contributed by atoms with Gasteiger partial charge in [-0.25, -0.2) is 0 Å². The highest BCUT2D eigenvalue weighted by Gasteiger charge is 2.43. The molecule has 1 aromatic rings. The summed E-state index contributed by atoms with van der Waals surface area (Å²) in [6, 6.07) is 6.50. The van der Waals surface area contributed by atoms with Crippen molar-refractivity contribution in [3.8, 4) is 0 Å². The van der Waals surface area contributed by atoms with Gasteiger partial charge in [-0.1, -0.05) is 24.8 Å². The molecule has 0 amide bonds. The molecular weight excluding hydrogens is 301 g/mol. The fourth-order valence-electron chi connectivity index (χ4n) is 3.58. The molecule has 0 saturated carbocycles. The molecule has 2 heterocycles. The van der Waals surface area contributed by atoms with E-state index in [1.807, 2.05) is 13.8 Å². The number of benzene rings is 1. The third-order valence-corrected chi connectivity index (χ3v) is 5.31. The van der Waals surface area contributed by atoms with Crippen LogP contribution >= 0.6 is 0 Å². The van der Waals surface area contributed by atoms with E-state index in [0.717, 1.165) is 31.8 Å². The van der Waals surface area contributed by atoms with Crippen LogP contribution in [-0.2, 0) is 19.6 Å². The fraction of sp³-hybridized carbons (Fsp3) is 0.579. The standard InChI is InChI=1S/C19H28BNO3/c1-14-13-16(20-23-15(2)19(5,6)24-20)7-8-17(14)18(3,4)21-9-11-22-12-10-21/h7-8,13H,2,9-12H2,1,3-6H3. The summed E-state index contributed by atoms with van der Waals surface area (Å²) in [5.41, 5.74) is 3.17. The molecule has 1 aromatic carbocycles. The maximum atomic E-state index is 6.00. The Hall–Kier alpha value is -1.30. The molecule has 0 radical (unpaired) electrons. The van der Waals surface area contributed by atoms with E-state index in [4.69, 9.17) is 14.0 Å². The molecule has 2 saturated heterocycles. The predicted molar refractivity (Wildman–Crippen MR) is 97.4 cm³/mol. The lowest BCUT2D eigenvalue weighted by molar-refractivity contribution is -0.0119. The third-order valence-electron chi connectivity index (χ3n) is 5.31. The van der Waals surface area contributed by atoms with E-state index in [-0.39, 0.29) is 12.7 Å². The van der Waals surface area contributed by atoms with Gasteiger partial charge in [0.05, 0.1) is 19.0 Å². The number of hydrogen-bond donors (Lipinski definition) is 0. The average molecular weight is 329 g/mol. The zero-order valence-corrected chi connectivity index (χ0v) is 15.5. The van der Waals surface area contributed by atoms with E-state index in [1.54, 1.807) is 0 Å². The Balaban J connectivity index is 1.84. The number of morpholine rings is 1. The molecule has 5 heteroatoms. The van der Waals surface area contributed by atoms with E-state index in [2.05, 4.69) is 50.4 Å². The Morgan fingerprint density at radius 1 is 1.21 bits per heavy atom. The lowest BCUT2D eigenvalue weighted by atomic mass is 9.76. The van der Waals surface area contributed by atoms with Crippen molar-refractivity contribution in [2.75, 3.05) is 26.3 Å². The maximum absolute atomic E-state index is 6.00. The summed E-state index contributed by atoms with van der Waals surface area (Å²) in [7, 11) is -0.369. The van der Waals surface area contributed by atoms with Crippen molar-refractivity contribution in [3.05, 3.63) is 41.7 Å². The molecule has 0 atom stereocenters. The van der Waals surface area contributed by atoms with E-state index in [0.29, 0.717) is 5.76 Å². The minimum Gasteiger partial charge on any atom is -0.534 e. The zero-order chi connectivity index (χ0) is 17.5. The van der Waals surface area contributed by atoms with E-state index < -0.39 is 5.60 Å². The molecule has 24 heavy (non-hydrogen) atoms.